The molecule has 3 rings (SSSR count). The molecule has 2 aromatic rings. The van der Waals surface area contributed by atoms with Gasteiger partial charge < -0.3 is 14.0 Å². The standard InChI is InChI=1S/C14H15NO2/c1-16-13-8-10-5-7-15-6-3-4-12(15)11(10)9-14(13)17-2/h3-4,6,8-9H,5,7H2,1-2H3. The first-order valence-corrected chi connectivity index (χ1v) is 5.74. The lowest BCUT2D eigenvalue weighted by Crippen LogP contribution is -2.10. The fraction of sp³-hybridized carbons (Fsp3) is 0.286. The summed E-state index contributed by atoms with van der Waals surface area (Å²) in [5.74, 6) is 1.60. The lowest BCUT2D eigenvalue weighted by atomic mass is 9.98. The van der Waals surface area contributed by atoms with Crippen molar-refractivity contribution in [1.29, 1.82) is 0 Å². The molecule has 88 valence electrons. The van der Waals surface area contributed by atoms with Gasteiger partial charge in [0.25, 0.3) is 0 Å². The largest absolute Gasteiger partial charge is 0.493 e. The average Bonchev–Trinajstić information content (AvgIpc) is 2.85. The van der Waals surface area contributed by atoms with Crippen LogP contribution in [0.5, 0.6) is 11.5 Å². The van der Waals surface area contributed by atoms with E-state index in [9.17, 15) is 0 Å². The van der Waals surface area contributed by atoms with Crippen molar-refractivity contribution in [2.75, 3.05) is 14.2 Å². The smallest absolute Gasteiger partial charge is 0.161 e. The van der Waals surface area contributed by atoms with Gasteiger partial charge in [0.1, 0.15) is 0 Å². The van der Waals surface area contributed by atoms with Crippen LogP contribution in [-0.4, -0.2) is 18.8 Å². The van der Waals surface area contributed by atoms with Gasteiger partial charge >= 0.3 is 0 Å². The number of hydrogen-bond donors (Lipinski definition) is 0. The molecule has 1 aromatic heterocycles. The molecular weight excluding hydrogens is 214 g/mol. The molecule has 0 bridgehead atoms. The quantitative estimate of drug-likeness (QED) is 0.790. The van der Waals surface area contributed by atoms with Crippen molar-refractivity contribution in [3.8, 4) is 22.8 Å². The molecule has 0 unspecified atom stereocenters. The predicted molar refractivity (Wildman–Crippen MR) is 66.7 cm³/mol. The van der Waals surface area contributed by atoms with Crippen LogP contribution in [0.4, 0.5) is 0 Å². The van der Waals surface area contributed by atoms with E-state index >= 15 is 0 Å². The molecule has 2 heterocycles. The van der Waals surface area contributed by atoms with E-state index in [-0.39, 0.29) is 0 Å². The first kappa shape index (κ1) is 10.3. The predicted octanol–water partition coefficient (Wildman–Crippen LogP) is 2.73. The van der Waals surface area contributed by atoms with Crippen LogP contribution in [-0.2, 0) is 13.0 Å². The average molecular weight is 229 g/mol. The Hall–Kier alpha value is -1.90. The van der Waals surface area contributed by atoms with Crippen LogP contribution in [0.15, 0.2) is 30.5 Å². The van der Waals surface area contributed by atoms with Crippen molar-refractivity contribution in [1.82, 2.24) is 4.57 Å². The van der Waals surface area contributed by atoms with Crippen LogP contribution >= 0.6 is 0 Å². The van der Waals surface area contributed by atoms with Gasteiger partial charge in [-0.1, -0.05) is 0 Å². The van der Waals surface area contributed by atoms with E-state index in [1.807, 2.05) is 0 Å². The Labute approximate surface area is 101 Å². The van der Waals surface area contributed by atoms with E-state index in [1.165, 1.54) is 16.8 Å². The molecule has 0 N–H and O–H groups in total. The first-order valence-electron chi connectivity index (χ1n) is 5.74. The van der Waals surface area contributed by atoms with E-state index < -0.39 is 0 Å². The second-order valence-corrected chi connectivity index (χ2v) is 4.20. The Bertz CT molecular complexity index is 557. The highest BCUT2D eigenvalue weighted by atomic mass is 16.5. The van der Waals surface area contributed by atoms with Crippen LogP contribution in [0.1, 0.15) is 5.56 Å². The van der Waals surface area contributed by atoms with Gasteiger partial charge in [0.2, 0.25) is 0 Å². The van der Waals surface area contributed by atoms with E-state index in [1.54, 1.807) is 14.2 Å². The molecule has 1 aliphatic heterocycles. The van der Waals surface area contributed by atoms with Crippen molar-refractivity contribution >= 4 is 0 Å². The molecule has 0 saturated carbocycles. The van der Waals surface area contributed by atoms with Gasteiger partial charge in [0.05, 0.1) is 14.2 Å². The second-order valence-electron chi connectivity index (χ2n) is 4.20. The summed E-state index contributed by atoms with van der Waals surface area (Å²) in [7, 11) is 3.35. The third-order valence-corrected chi connectivity index (χ3v) is 3.34. The molecule has 0 saturated heterocycles. The van der Waals surface area contributed by atoms with Crippen molar-refractivity contribution < 1.29 is 9.47 Å². The molecule has 0 aliphatic carbocycles. The third-order valence-electron chi connectivity index (χ3n) is 3.34. The fourth-order valence-electron chi connectivity index (χ4n) is 2.46. The van der Waals surface area contributed by atoms with Crippen molar-refractivity contribution in [3.05, 3.63) is 36.0 Å². The van der Waals surface area contributed by atoms with E-state index in [4.69, 9.17) is 9.47 Å². The maximum absolute atomic E-state index is 5.36. The Morgan fingerprint density at radius 1 is 1.12 bits per heavy atom. The number of benzene rings is 1. The molecule has 0 atom stereocenters. The molecule has 3 nitrogen and oxygen atoms in total. The minimum absolute atomic E-state index is 0.793. The normalized spacial score (nSPS) is 12.8. The molecular formula is C14H15NO2. The SMILES string of the molecule is COc1cc2c(cc1OC)-c1cccn1CC2. The summed E-state index contributed by atoms with van der Waals surface area (Å²) in [6.45, 7) is 1.03. The van der Waals surface area contributed by atoms with E-state index in [0.717, 1.165) is 24.5 Å². The first-order chi connectivity index (χ1) is 8.33. The number of ether oxygens (including phenoxy) is 2. The van der Waals surface area contributed by atoms with Crippen molar-refractivity contribution in [2.24, 2.45) is 0 Å². The summed E-state index contributed by atoms with van der Waals surface area (Å²) < 4.78 is 13.0. The van der Waals surface area contributed by atoms with E-state index in [2.05, 4.69) is 35.0 Å². The summed E-state index contributed by atoms with van der Waals surface area (Å²) in [6.07, 6.45) is 3.16. The summed E-state index contributed by atoms with van der Waals surface area (Å²) in [5, 5.41) is 0. The molecule has 0 radical (unpaired) electrons. The Morgan fingerprint density at radius 2 is 1.88 bits per heavy atom. The van der Waals surface area contributed by atoms with Gasteiger partial charge in [-0.3, -0.25) is 0 Å². The van der Waals surface area contributed by atoms with Crippen LogP contribution in [0.2, 0.25) is 0 Å². The van der Waals surface area contributed by atoms with Crippen LogP contribution in [0, 0.1) is 0 Å². The summed E-state index contributed by atoms with van der Waals surface area (Å²) in [4.78, 5) is 0. The highest BCUT2D eigenvalue weighted by Crippen LogP contribution is 2.38. The van der Waals surface area contributed by atoms with Crippen LogP contribution in [0.3, 0.4) is 0 Å². The van der Waals surface area contributed by atoms with Crippen LogP contribution in [0.25, 0.3) is 11.3 Å². The highest BCUT2D eigenvalue weighted by molar-refractivity contribution is 5.70. The van der Waals surface area contributed by atoms with Gasteiger partial charge in [-0.05, 0) is 36.2 Å². The van der Waals surface area contributed by atoms with Crippen LogP contribution < -0.4 is 9.47 Å². The molecule has 1 aliphatic rings. The third kappa shape index (κ3) is 1.50. The Morgan fingerprint density at radius 3 is 2.65 bits per heavy atom. The maximum atomic E-state index is 5.36. The zero-order valence-electron chi connectivity index (χ0n) is 10.1. The lowest BCUT2D eigenvalue weighted by molar-refractivity contribution is 0.354. The zero-order valence-corrected chi connectivity index (χ0v) is 10.1. The van der Waals surface area contributed by atoms with Crippen molar-refractivity contribution in [3.63, 3.8) is 0 Å². The zero-order chi connectivity index (χ0) is 11.8. The number of hydrogen-bond acceptors (Lipinski definition) is 2. The molecule has 1 aromatic carbocycles. The molecule has 0 spiro atoms. The monoisotopic (exact) mass is 229 g/mol. The number of nitrogens with zero attached hydrogens (tertiary/aromatic N) is 1. The van der Waals surface area contributed by atoms with Gasteiger partial charge in [0, 0.05) is 24.0 Å². The Kier molecular flexibility index (Phi) is 2.32. The second kappa shape index (κ2) is 3.84. The summed E-state index contributed by atoms with van der Waals surface area (Å²) in [6, 6.07) is 8.38. The lowest BCUT2D eigenvalue weighted by Gasteiger charge is -2.21. The number of aromatic nitrogens is 1. The van der Waals surface area contributed by atoms with Gasteiger partial charge in [-0.15, -0.1) is 0 Å². The minimum atomic E-state index is 0.793. The van der Waals surface area contributed by atoms with Gasteiger partial charge in [-0.25, -0.2) is 0 Å². The molecule has 17 heavy (non-hydrogen) atoms. The van der Waals surface area contributed by atoms with Crippen molar-refractivity contribution in [2.45, 2.75) is 13.0 Å². The molecule has 3 heteroatoms. The topological polar surface area (TPSA) is 23.4 Å². The van der Waals surface area contributed by atoms with E-state index in [0.29, 0.717) is 0 Å². The van der Waals surface area contributed by atoms with Gasteiger partial charge in [-0.2, -0.15) is 0 Å². The Balaban J connectivity index is 2.20. The molecule has 0 fully saturated rings. The molecule has 0 amide bonds. The minimum Gasteiger partial charge on any atom is -0.493 e. The fourth-order valence-corrected chi connectivity index (χ4v) is 2.46. The highest BCUT2D eigenvalue weighted by Gasteiger charge is 2.18. The number of aryl methyl sites for hydroxylation is 2. The summed E-state index contributed by atoms with van der Waals surface area (Å²) in [5.41, 5.74) is 3.83. The van der Waals surface area contributed by atoms with Gasteiger partial charge in [0.15, 0.2) is 11.5 Å². The number of methoxy groups -OCH3 is 2. The number of fused-ring (bicyclic) bond motifs is 3. The maximum Gasteiger partial charge on any atom is 0.161 e. The number of rotatable bonds is 2. The summed E-state index contributed by atoms with van der Waals surface area (Å²) >= 11 is 0.